The van der Waals surface area contributed by atoms with E-state index in [0.717, 1.165) is 11.1 Å². The Balaban J connectivity index is 2.14. The Morgan fingerprint density at radius 3 is 2.67 bits per heavy atom. The summed E-state index contributed by atoms with van der Waals surface area (Å²) in [6.45, 7) is 5.21. The van der Waals surface area contributed by atoms with E-state index in [9.17, 15) is 14.7 Å². The zero-order chi connectivity index (χ0) is 15.6. The summed E-state index contributed by atoms with van der Waals surface area (Å²) in [4.78, 5) is 24.0. The van der Waals surface area contributed by atoms with Crippen LogP contribution in [0.4, 0.5) is 0 Å². The lowest BCUT2D eigenvalue weighted by Gasteiger charge is -2.24. The second-order valence-electron chi connectivity index (χ2n) is 5.87. The third-order valence-electron chi connectivity index (χ3n) is 4.52. The molecule has 2 N–H and O–H groups in total. The molecule has 1 aromatic rings. The number of aliphatic hydroxyl groups excluding tert-OH is 1. The van der Waals surface area contributed by atoms with E-state index in [1.54, 1.807) is 6.92 Å². The number of Topliss-reactive ketones (excluding diaryl/α,β-unsaturated/α-hetero) is 1. The maximum absolute atomic E-state index is 12.5. The third kappa shape index (κ3) is 3.16. The van der Waals surface area contributed by atoms with Crippen LogP contribution in [0.3, 0.4) is 0 Å². The Labute approximate surface area is 125 Å². The highest BCUT2D eigenvalue weighted by Gasteiger charge is 2.34. The monoisotopic (exact) mass is 289 g/mol. The fourth-order valence-corrected chi connectivity index (χ4v) is 3.06. The first-order chi connectivity index (χ1) is 9.95. The van der Waals surface area contributed by atoms with Gasteiger partial charge >= 0.3 is 0 Å². The topological polar surface area (TPSA) is 66.4 Å². The molecule has 0 bridgehead atoms. The third-order valence-corrected chi connectivity index (χ3v) is 4.52. The highest BCUT2D eigenvalue weighted by atomic mass is 16.3. The van der Waals surface area contributed by atoms with Crippen LogP contribution in [0.15, 0.2) is 24.3 Å². The molecule has 0 unspecified atom stereocenters. The molecule has 1 aromatic carbocycles. The molecule has 0 radical (unpaired) electrons. The lowest BCUT2D eigenvalue weighted by atomic mass is 9.87. The van der Waals surface area contributed by atoms with Gasteiger partial charge in [0.05, 0.1) is 12.1 Å². The van der Waals surface area contributed by atoms with Crippen molar-refractivity contribution < 1.29 is 14.7 Å². The maximum atomic E-state index is 12.5. The van der Waals surface area contributed by atoms with Gasteiger partial charge in [0.2, 0.25) is 5.91 Å². The quantitative estimate of drug-likeness (QED) is 0.871. The molecule has 1 aliphatic carbocycles. The van der Waals surface area contributed by atoms with Crippen molar-refractivity contribution in [3.63, 3.8) is 0 Å². The van der Waals surface area contributed by atoms with Crippen molar-refractivity contribution in [2.24, 2.45) is 11.8 Å². The molecule has 2 rings (SSSR count). The van der Waals surface area contributed by atoms with Crippen molar-refractivity contribution in [1.29, 1.82) is 0 Å². The highest BCUT2D eigenvalue weighted by molar-refractivity contribution is 5.87. The van der Waals surface area contributed by atoms with Gasteiger partial charge in [0.1, 0.15) is 5.78 Å². The first-order valence-corrected chi connectivity index (χ1v) is 7.52. The molecular formula is C17H23NO3. The molecule has 0 saturated heterocycles. The van der Waals surface area contributed by atoms with Crippen LogP contribution >= 0.6 is 0 Å². The minimum Gasteiger partial charge on any atom is -0.390 e. The molecule has 0 heterocycles. The molecule has 0 aliphatic heterocycles. The molecule has 1 aliphatic rings. The van der Waals surface area contributed by atoms with Gasteiger partial charge in [-0.2, -0.15) is 0 Å². The standard InChI is InChI=1S/C17H23NO3/c1-4-13(10(2)11(3)19)17(21)18-16-14-8-6-5-7-12(14)9-15(16)20/h5-8,10,13,15-16,20H,4,9H2,1-3H3,(H,18,21)/t10-,13-,15-,16+/m1/s1. The van der Waals surface area contributed by atoms with E-state index < -0.39 is 6.10 Å². The molecule has 4 nitrogen and oxygen atoms in total. The predicted octanol–water partition coefficient (Wildman–Crippen LogP) is 2.01. The van der Waals surface area contributed by atoms with E-state index in [-0.39, 0.29) is 29.6 Å². The van der Waals surface area contributed by atoms with Crippen LogP contribution < -0.4 is 5.32 Å². The van der Waals surface area contributed by atoms with Gasteiger partial charge in [-0.25, -0.2) is 0 Å². The highest BCUT2D eigenvalue weighted by Crippen LogP contribution is 2.32. The molecule has 4 heteroatoms. The van der Waals surface area contributed by atoms with Gasteiger partial charge in [-0.3, -0.25) is 9.59 Å². The number of carbonyl (C=O) groups excluding carboxylic acids is 2. The van der Waals surface area contributed by atoms with Gasteiger partial charge in [-0.15, -0.1) is 0 Å². The zero-order valence-corrected chi connectivity index (χ0v) is 12.8. The number of hydrogen-bond acceptors (Lipinski definition) is 3. The van der Waals surface area contributed by atoms with Gasteiger partial charge in [0.15, 0.2) is 0 Å². The molecule has 0 spiro atoms. The smallest absolute Gasteiger partial charge is 0.224 e. The van der Waals surface area contributed by atoms with Crippen LogP contribution in [0, 0.1) is 11.8 Å². The number of aliphatic hydroxyl groups is 1. The van der Waals surface area contributed by atoms with Crippen molar-refractivity contribution >= 4 is 11.7 Å². The number of ketones is 1. The van der Waals surface area contributed by atoms with Crippen LogP contribution in [0.1, 0.15) is 44.4 Å². The number of nitrogens with one attached hydrogen (secondary N) is 1. The number of carbonyl (C=O) groups is 2. The number of fused-ring (bicyclic) bond motifs is 1. The number of hydrogen-bond donors (Lipinski definition) is 2. The van der Waals surface area contributed by atoms with Crippen molar-refractivity contribution in [2.75, 3.05) is 0 Å². The summed E-state index contributed by atoms with van der Waals surface area (Å²) < 4.78 is 0. The van der Waals surface area contributed by atoms with Gasteiger partial charge < -0.3 is 10.4 Å². The Kier molecular flexibility index (Phi) is 4.78. The Morgan fingerprint density at radius 1 is 1.38 bits per heavy atom. The van der Waals surface area contributed by atoms with E-state index in [0.29, 0.717) is 12.8 Å². The van der Waals surface area contributed by atoms with Crippen molar-refractivity contribution in [2.45, 2.75) is 45.8 Å². The van der Waals surface area contributed by atoms with Crippen LogP contribution in [0.5, 0.6) is 0 Å². The number of rotatable bonds is 5. The Morgan fingerprint density at radius 2 is 2.05 bits per heavy atom. The largest absolute Gasteiger partial charge is 0.390 e. The molecule has 0 fully saturated rings. The Hall–Kier alpha value is -1.68. The fourth-order valence-electron chi connectivity index (χ4n) is 3.06. The van der Waals surface area contributed by atoms with E-state index in [1.165, 1.54) is 6.92 Å². The summed E-state index contributed by atoms with van der Waals surface area (Å²) in [5, 5.41) is 13.1. The summed E-state index contributed by atoms with van der Waals surface area (Å²) in [5.41, 5.74) is 2.05. The minimum absolute atomic E-state index is 0.0179. The lowest BCUT2D eigenvalue weighted by molar-refractivity contribution is -0.133. The first-order valence-electron chi connectivity index (χ1n) is 7.52. The second kappa shape index (κ2) is 6.39. The lowest BCUT2D eigenvalue weighted by Crippen LogP contribution is -2.40. The zero-order valence-electron chi connectivity index (χ0n) is 12.8. The van der Waals surface area contributed by atoms with Crippen molar-refractivity contribution in [3.05, 3.63) is 35.4 Å². The minimum atomic E-state index is -0.600. The summed E-state index contributed by atoms with van der Waals surface area (Å²) >= 11 is 0. The second-order valence-corrected chi connectivity index (χ2v) is 5.87. The van der Waals surface area contributed by atoms with Gasteiger partial charge in [0, 0.05) is 18.3 Å². The summed E-state index contributed by atoms with van der Waals surface area (Å²) in [5.74, 6) is -0.781. The molecule has 114 valence electrons. The molecule has 1 amide bonds. The maximum Gasteiger partial charge on any atom is 0.224 e. The van der Waals surface area contributed by atoms with Crippen molar-refractivity contribution in [1.82, 2.24) is 5.32 Å². The van der Waals surface area contributed by atoms with Gasteiger partial charge in [-0.1, -0.05) is 38.1 Å². The SMILES string of the molecule is CC[C@@H](C(=O)N[C@H]1c2ccccc2C[C@H]1O)[C@H](C)C(C)=O. The average molecular weight is 289 g/mol. The van der Waals surface area contributed by atoms with Crippen LogP contribution in [-0.4, -0.2) is 22.9 Å². The van der Waals surface area contributed by atoms with Crippen LogP contribution in [0.2, 0.25) is 0 Å². The summed E-state index contributed by atoms with van der Waals surface area (Å²) in [6.07, 6.45) is 0.563. The van der Waals surface area contributed by atoms with Crippen LogP contribution in [-0.2, 0) is 16.0 Å². The normalized spacial score (nSPS) is 23.2. The number of benzene rings is 1. The molecule has 21 heavy (non-hydrogen) atoms. The first kappa shape index (κ1) is 15.7. The molecular weight excluding hydrogens is 266 g/mol. The van der Waals surface area contributed by atoms with Gasteiger partial charge in [0.25, 0.3) is 0 Å². The molecule has 4 atom stereocenters. The van der Waals surface area contributed by atoms with E-state index in [1.807, 2.05) is 31.2 Å². The number of amides is 1. The summed E-state index contributed by atoms with van der Waals surface area (Å²) in [7, 11) is 0. The molecule has 0 saturated carbocycles. The summed E-state index contributed by atoms with van der Waals surface area (Å²) in [6, 6.07) is 7.38. The van der Waals surface area contributed by atoms with E-state index in [4.69, 9.17) is 0 Å². The van der Waals surface area contributed by atoms with E-state index in [2.05, 4.69) is 5.32 Å². The van der Waals surface area contributed by atoms with Crippen molar-refractivity contribution in [3.8, 4) is 0 Å². The Bertz CT molecular complexity index is 541. The van der Waals surface area contributed by atoms with E-state index >= 15 is 0 Å². The molecule has 0 aromatic heterocycles. The van der Waals surface area contributed by atoms with Crippen LogP contribution in [0.25, 0.3) is 0 Å². The van der Waals surface area contributed by atoms with Gasteiger partial charge in [-0.05, 0) is 24.5 Å². The average Bonchev–Trinajstić information content (AvgIpc) is 2.76. The fraction of sp³-hybridized carbons (Fsp3) is 0.529. The predicted molar refractivity (Wildman–Crippen MR) is 80.7 cm³/mol.